The molecule has 2 heterocycles. The van der Waals surface area contributed by atoms with Crippen LogP contribution in [0.15, 0.2) is 16.6 Å². The van der Waals surface area contributed by atoms with Crippen LogP contribution in [0.25, 0.3) is 0 Å². The van der Waals surface area contributed by atoms with E-state index < -0.39 is 11.7 Å². The van der Waals surface area contributed by atoms with Gasteiger partial charge in [0.25, 0.3) is 11.7 Å². The lowest BCUT2D eigenvalue weighted by atomic mass is 10.1. The summed E-state index contributed by atoms with van der Waals surface area (Å²) in [6, 6.07) is 3.57. The summed E-state index contributed by atoms with van der Waals surface area (Å²) in [6.45, 7) is 3.17. The highest BCUT2D eigenvalue weighted by Gasteiger charge is 2.29. The number of fused-ring (bicyclic) bond motifs is 1. The van der Waals surface area contributed by atoms with E-state index in [2.05, 4.69) is 26.1 Å². The SMILES string of the molecule is O=C1Nc2cc(N3CCCOCC3)c(Br)cc2C1=O. The van der Waals surface area contributed by atoms with Crippen LogP contribution in [-0.4, -0.2) is 38.0 Å². The lowest BCUT2D eigenvalue weighted by molar-refractivity contribution is -0.112. The van der Waals surface area contributed by atoms with Crippen molar-refractivity contribution in [3.63, 3.8) is 0 Å². The second kappa shape index (κ2) is 4.94. The molecule has 2 aliphatic rings. The van der Waals surface area contributed by atoms with Crippen molar-refractivity contribution in [3.8, 4) is 0 Å². The molecule has 6 heteroatoms. The van der Waals surface area contributed by atoms with Gasteiger partial charge in [-0.3, -0.25) is 9.59 Å². The van der Waals surface area contributed by atoms with E-state index in [1.54, 1.807) is 6.07 Å². The Bertz CT molecular complexity index is 551. The summed E-state index contributed by atoms with van der Waals surface area (Å²) in [4.78, 5) is 25.2. The number of carbonyl (C=O) groups is 2. The van der Waals surface area contributed by atoms with Crippen LogP contribution < -0.4 is 10.2 Å². The van der Waals surface area contributed by atoms with E-state index in [0.717, 1.165) is 36.3 Å². The number of carbonyl (C=O) groups excluding carboxylic acids is 2. The van der Waals surface area contributed by atoms with Crippen molar-refractivity contribution in [1.29, 1.82) is 0 Å². The number of hydrogen-bond acceptors (Lipinski definition) is 4. The Morgan fingerprint density at radius 2 is 2.05 bits per heavy atom. The van der Waals surface area contributed by atoms with Crippen LogP contribution in [0.1, 0.15) is 16.8 Å². The number of anilines is 2. The Labute approximate surface area is 119 Å². The summed E-state index contributed by atoms with van der Waals surface area (Å²) in [5.74, 6) is -1.03. The van der Waals surface area contributed by atoms with Gasteiger partial charge in [-0.2, -0.15) is 0 Å². The molecule has 2 aliphatic heterocycles. The third-order valence-corrected chi connectivity index (χ3v) is 3.98. The van der Waals surface area contributed by atoms with Gasteiger partial charge in [0.1, 0.15) is 0 Å². The third-order valence-electron chi connectivity index (χ3n) is 3.35. The van der Waals surface area contributed by atoms with Crippen molar-refractivity contribution < 1.29 is 14.3 Å². The molecule has 1 amide bonds. The summed E-state index contributed by atoms with van der Waals surface area (Å²) < 4.78 is 6.26. The molecule has 0 spiro atoms. The van der Waals surface area contributed by atoms with Crippen molar-refractivity contribution in [2.45, 2.75) is 6.42 Å². The van der Waals surface area contributed by atoms with Crippen LogP contribution in [0, 0.1) is 0 Å². The number of halogens is 1. The topological polar surface area (TPSA) is 58.6 Å². The standard InChI is InChI=1S/C13H13BrN2O3/c14-9-6-8-10(15-13(18)12(8)17)7-11(9)16-2-1-4-19-5-3-16/h6-7H,1-5H2,(H,15,17,18). The maximum absolute atomic E-state index is 11.6. The first-order valence-electron chi connectivity index (χ1n) is 6.19. The molecular formula is C13H13BrN2O3. The molecule has 0 aliphatic carbocycles. The van der Waals surface area contributed by atoms with Crippen molar-refractivity contribution in [3.05, 3.63) is 22.2 Å². The first-order valence-corrected chi connectivity index (χ1v) is 6.98. The van der Waals surface area contributed by atoms with E-state index in [4.69, 9.17) is 4.74 Å². The Kier molecular flexibility index (Phi) is 3.28. The molecule has 19 heavy (non-hydrogen) atoms. The normalized spacial score (nSPS) is 19.1. The number of benzene rings is 1. The molecule has 5 nitrogen and oxygen atoms in total. The molecule has 0 bridgehead atoms. The number of ether oxygens (including phenoxy) is 1. The zero-order valence-corrected chi connectivity index (χ0v) is 11.8. The van der Waals surface area contributed by atoms with E-state index in [0.29, 0.717) is 17.9 Å². The molecule has 0 radical (unpaired) electrons. The lowest BCUT2D eigenvalue weighted by Gasteiger charge is -2.23. The number of ketones is 1. The minimum Gasteiger partial charge on any atom is -0.380 e. The van der Waals surface area contributed by atoms with Crippen molar-refractivity contribution in [2.75, 3.05) is 36.5 Å². The zero-order chi connectivity index (χ0) is 13.4. The molecule has 0 aromatic heterocycles. The summed E-state index contributed by atoms with van der Waals surface area (Å²) in [6.07, 6.45) is 0.967. The van der Waals surface area contributed by atoms with E-state index in [1.807, 2.05) is 6.07 Å². The fraction of sp³-hybridized carbons (Fsp3) is 0.385. The quantitative estimate of drug-likeness (QED) is 0.800. The molecule has 1 aromatic rings. The summed E-state index contributed by atoms with van der Waals surface area (Å²) in [5, 5.41) is 2.60. The highest BCUT2D eigenvalue weighted by atomic mass is 79.9. The molecule has 100 valence electrons. The van der Waals surface area contributed by atoms with Crippen LogP contribution in [0.3, 0.4) is 0 Å². The van der Waals surface area contributed by atoms with Gasteiger partial charge in [-0.15, -0.1) is 0 Å². The highest BCUT2D eigenvalue weighted by Crippen LogP contribution is 2.35. The van der Waals surface area contributed by atoms with Gasteiger partial charge in [0.2, 0.25) is 0 Å². The van der Waals surface area contributed by atoms with Gasteiger partial charge in [0, 0.05) is 24.2 Å². The van der Waals surface area contributed by atoms with Crippen LogP contribution >= 0.6 is 15.9 Å². The van der Waals surface area contributed by atoms with E-state index in [9.17, 15) is 9.59 Å². The molecule has 1 aromatic carbocycles. The van der Waals surface area contributed by atoms with Gasteiger partial charge in [-0.1, -0.05) is 0 Å². The van der Waals surface area contributed by atoms with Gasteiger partial charge in [-0.05, 0) is 34.5 Å². The van der Waals surface area contributed by atoms with Gasteiger partial charge >= 0.3 is 0 Å². The Morgan fingerprint density at radius 3 is 2.89 bits per heavy atom. The third kappa shape index (κ3) is 2.26. The minimum atomic E-state index is -0.557. The number of Topliss-reactive ketones (excluding diaryl/α,β-unsaturated/α-hetero) is 1. The van der Waals surface area contributed by atoms with Gasteiger partial charge in [0.05, 0.1) is 23.5 Å². The Hall–Kier alpha value is -1.40. The molecule has 1 N–H and O–H groups in total. The monoisotopic (exact) mass is 324 g/mol. The summed E-state index contributed by atoms with van der Waals surface area (Å²) in [5.41, 5.74) is 2.02. The molecular weight excluding hydrogens is 312 g/mol. The van der Waals surface area contributed by atoms with Crippen LogP contribution in [0.2, 0.25) is 0 Å². The number of hydrogen-bond donors (Lipinski definition) is 1. The summed E-state index contributed by atoms with van der Waals surface area (Å²) >= 11 is 3.48. The van der Waals surface area contributed by atoms with Crippen molar-refractivity contribution in [1.82, 2.24) is 0 Å². The van der Waals surface area contributed by atoms with Crippen molar-refractivity contribution >= 4 is 39.0 Å². The highest BCUT2D eigenvalue weighted by molar-refractivity contribution is 9.10. The van der Waals surface area contributed by atoms with E-state index in [-0.39, 0.29) is 0 Å². The van der Waals surface area contributed by atoms with Gasteiger partial charge < -0.3 is 15.0 Å². The first-order chi connectivity index (χ1) is 9.16. The molecule has 3 rings (SSSR count). The second-order valence-electron chi connectivity index (χ2n) is 4.59. The second-order valence-corrected chi connectivity index (χ2v) is 5.44. The zero-order valence-electron chi connectivity index (χ0n) is 10.2. The van der Waals surface area contributed by atoms with Gasteiger partial charge in [0.15, 0.2) is 0 Å². The minimum absolute atomic E-state index is 0.437. The molecule has 1 fully saturated rings. The van der Waals surface area contributed by atoms with E-state index in [1.165, 1.54) is 0 Å². The van der Waals surface area contributed by atoms with Crippen LogP contribution in [0.5, 0.6) is 0 Å². The maximum Gasteiger partial charge on any atom is 0.296 e. The molecule has 0 saturated carbocycles. The number of nitrogens with zero attached hydrogens (tertiary/aromatic N) is 1. The van der Waals surface area contributed by atoms with Crippen molar-refractivity contribution in [2.24, 2.45) is 0 Å². The molecule has 0 unspecified atom stereocenters. The first kappa shape index (κ1) is 12.6. The van der Waals surface area contributed by atoms with Crippen LogP contribution in [0.4, 0.5) is 11.4 Å². The number of nitrogens with one attached hydrogen (secondary N) is 1. The Morgan fingerprint density at radius 1 is 1.21 bits per heavy atom. The summed E-state index contributed by atoms with van der Waals surface area (Å²) in [7, 11) is 0. The predicted octanol–water partition coefficient (Wildman–Crippen LogP) is 1.81. The maximum atomic E-state index is 11.6. The smallest absolute Gasteiger partial charge is 0.296 e. The number of rotatable bonds is 1. The lowest BCUT2D eigenvalue weighted by Crippen LogP contribution is -2.26. The fourth-order valence-corrected chi connectivity index (χ4v) is 2.98. The van der Waals surface area contributed by atoms with E-state index >= 15 is 0 Å². The molecule has 0 atom stereocenters. The number of amides is 1. The fourth-order valence-electron chi connectivity index (χ4n) is 2.38. The Balaban J connectivity index is 1.97. The average molecular weight is 325 g/mol. The molecule has 1 saturated heterocycles. The van der Waals surface area contributed by atoms with Gasteiger partial charge in [-0.25, -0.2) is 0 Å². The average Bonchev–Trinajstić information content (AvgIpc) is 2.63. The predicted molar refractivity (Wildman–Crippen MR) is 74.8 cm³/mol. The van der Waals surface area contributed by atoms with Crippen LogP contribution in [-0.2, 0) is 9.53 Å². The largest absolute Gasteiger partial charge is 0.380 e.